The molecule has 4 heterocycles. The maximum absolute atomic E-state index is 15.1. The first-order valence-corrected chi connectivity index (χ1v) is 14.9. The second kappa shape index (κ2) is 11.7. The van der Waals surface area contributed by atoms with Crippen LogP contribution >= 0.6 is 11.6 Å². The van der Waals surface area contributed by atoms with Crippen LogP contribution in [0.4, 0.5) is 9.18 Å². The number of aromatic nitrogens is 4. The molecular formula is C32H35ClFN5O5. The molecule has 3 aromatic heterocycles. The number of fused-ring (bicyclic) bond motifs is 1. The highest BCUT2D eigenvalue weighted by Gasteiger charge is 2.31. The van der Waals surface area contributed by atoms with Crippen molar-refractivity contribution in [3.8, 4) is 22.7 Å². The van der Waals surface area contributed by atoms with Gasteiger partial charge in [0.05, 0.1) is 33.2 Å². The summed E-state index contributed by atoms with van der Waals surface area (Å²) < 4.78 is 23.2. The molecule has 5 rings (SSSR count). The molecule has 1 saturated heterocycles. The van der Waals surface area contributed by atoms with Gasteiger partial charge in [0.15, 0.2) is 5.65 Å². The summed E-state index contributed by atoms with van der Waals surface area (Å²) in [5.74, 6) is -1.25. The normalized spacial score (nSPS) is 14.4. The van der Waals surface area contributed by atoms with E-state index < -0.39 is 34.7 Å². The highest BCUT2D eigenvalue weighted by atomic mass is 35.5. The van der Waals surface area contributed by atoms with Gasteiger partial charge in [0.2, 0.25) is 0 Å². The van der Waals surface area contributed by atoms with Gasteiger partial charge in [-0.15, -0.1) is 0 Å². The van der Waals surface area contributed by atoms with Crippen molar-refractivity contribution in [2.75, 3.05) is 13.1 Å². The van der Waals surface area contributed by atoms with Crippen molar-refractivity contribution < 1.29 is 19.0 Å². The van der Waals surface area contributed by atoms with Crippen molar-refractivity contribution in [3.63, 3.8) is 0 Å². The summed E-state index contributed by atoms with van der Waals surface area (Å²) in [6.07, 6.45) is 1.92. The summed E-state index contributed by atoms with van der Waals surface area (Å²) in [5.41, 5.74) is -0.636. The van der Waals surface area contributed by atoms with E-state index in [-0.39, 0.29) is 39.1 Å². The van der Waals surface area contributed by atoms with Crippen molar-refractivity contribution in [3.05, 3.63) is 79.3 Å². The van der Waals surface area contributed by atoms with E-state index in [1.807, 2.05) is 13.8 Å². The number of phenolic OH excluding ortho intramolecular Hbond substituents is 1. The van der Waals surface area contributed by atoms with Gasteiger partial charge in [0, 0.05) is 25.3 Å². The zero-order chi connectivity index (χ0) is 32.1. The van der Waals surface area contributed by atoms with Gasteiger partial charge < -0.3 is 14.7 Å². The highest BCUT2D eigenvalue weighted by molar-refractivity contribution is 6.33. The summed E-state index contributed by atoms with van der Waals surface area (Å²) in [5, 5.41) is 10.6. The van der Waals surface area contributed by atoms with Crippen molar-refractivity contribution in [1.82, 2.24) is 24.0 Å². The fraction of sp³-hybridized carbons (Fsp3) is 0.406. The molecule has 0 unspecified atom stereocenters. The number of aromatic hydroxyl groups is 1. The standard InChI is InChI=1S/C32H35ClFN5O5/c1-17(2)25-27(18(3)10-13-35-25)39-28-22(16-20(33)26(36-28)24-21(34)8-7-9-23(24)40)38(29(41)30(39)42)19-11-14-37(15-12-19)31(43)44-32(4,5)6/h7-10,13,16-17,19,40H,11-12,14-15H2,1-6H3. The van der Waals surface area contributed by atoms with Gasteiger partial charge in [-0.2, -0.15) is 0 Å². The summed E-state index contributed by atoms with van der Waals surface area (Å²) in [4.78, 5) is 51.5. The van der Waals surface area contributed by atoms with E-state index in [9.17, 15) is 19.5 Å². The van der Waals surface area contributed by atoms with Gasteiger partial charge in [-0.25, -0.2) is 14.2 Å². The SMILES string of the molecule is Cc1ccnc(C(C)C)c1-n1c(=O)c(=O)n(C2CCN(C(=O)OC(C)(C)C)CC2)c2cc(Cl)c(-c3c(O)cccc3F)nc21. The fourth-order valence-corrected chi connectivity index (χ4v) is 5.87. The number of hydrogen-bond donors (Lipinski definition) is 1. The maximum atomic E-state index is 15.1. The topological polar surface area (TPSA) is 120 Å². The van der Waals surface area contributed by atoms with Crippen molar-refractivity contribution >= 4 is 28.9 Å². The Hall–Kier alpha value is -4.25. The Labute approximate surface area is 258 Å². The van der Waals surface area contributed by atoms with E-state index in [0.717, 1.165) is 0 Å². The van der Waals surface area contributed by atoms with Gasteiger partial charge in [0.25, 0.3) is 0 Å². The molecule has 232 valence electrons. The smallest absolute Gasteiger partial charge is 0.410 e. The molecular weight excluding hydrogens is 589 g/mol. The number of piperidine rings is 1. The van der Waals surface area contributed by atoms with Crippen LogP contribution in [0.15, 0.2) is 46.1 Å². The molecule has 0 aliphatic carbocycles. The van der Waals surface area contributed by atoms with Crippen LogP contribution in [0.1, 0.15) is 70.7 Å². The summed E-state index contributed by atoms with van der Waals surface area (Å²) >= 11 is 6.70. The molecule has 1 fully saturated rings. The van der Waals surface area contributed by atoms with Crippen LogP contribution in [0.25, 0.3) is 28.1 Å². The van der Waals surface area contributed by atoms with E-state index in [1.54, 1.807) is 44.9 Å². The van der Waals surface area contributed by atoms with E-state index >= 15 is 4.39 Å². The molecule has 4 aromatic rings. The zero-order valence-electron chi connectivity index (χ0n) is 25.5. The van der Waals surface area contributed by atoms with Crippen LogP contribution in [0.5, 0.6) is 5.75 Å². The molecule has 0 radical (unpaired) electrons. The van der Waals surface area contributed by atoms with Crippen LogP contribution in [0.3, 0.4) is 0 Å². The molecule has 1 aliphatic heterocycles. The molecule has 44 heavy (non-hydrogen) atoms. The Bertz CT molecular complexity index is 1870. The van der Waals surface area contributed by atoms with E-state index in [0.29, 0.717) is 42.9 Å². The Kier molecular flexibility index (Phi) is 8.28. The third-order valence-electron chi connectivity index (χ3n) is 7.65. The van der Waals surface area contributed by atoms with Crippen molar-refractivity contribution in [2.45, 2.75) is 71.9 Å². The molecule has 1 N–H and O–H groups in total. The first-order chi connectivity index (χ1) is 20.7. The Balaban J connectivity index is 1.76. The van der Waals surface area contributed by atoms with E-state index in [4.69, 9.17) is 16.3 Å². The zero-order valence-corrected chi connectivity index (χ0v) is 26.3. The van der Waals surface area contributed by atoms with Gasteiger partial charge in [-0.1, -0.05) is 31.5 Å². The number of nitrogens with zero attached hydrogens (tertiary/aromatic N) is 5. The predicted octanol–water partition coefficient (Wildman–Crippen LogP) is 6.11. The lowest BCUT2D eigenvalue weighted by atomic mass is 10.0. The largest absolute Gasteiger partial charge is 0.507 e. The highest BCUT2D eigenvalue weighted by Crippen LogP contribution is 2.38. The predicted molar refractivity (Wildman–Crippen MR) is 166 cm³/mol. The monoisotopic (exact) mass is 623 g/mol. The number of rotatable bonds is 4. The van der Waals surface area contributed by atoms with Gasteiger partial charge >= 0.3 is 17.2 Å². The third kappa shape index (κ3) is 5.68. The molecule has 1 aromatic carbocycles. The number of ether oxygens (including phenoxy) is 1. The van der Waals surface area contributed by atoms with Gasteiger partial charge in [0.1, 0.15) is 17.2 Å². The summed E-state index contributed by atoms with van der Waals surface area (Å²) in [6.45, 7) is 11.6. The number of likely N-dealkylation sites (tertiary alicyclic amines) is 1. The minimum Gasteiger partial charge on any atom is -0.507 e. The lowest BCUT2D eigenvalue weighted by Crippen LogP contribution is -2.47. The average Bonchev–Trinajstić information content (AvgIpc) is 2.94. The minimum atomic E-state index is -0.858. The Morgan fingerprint density at radius 2 is 1.82 bits per heavy atom. The average molecular weight is 624 g/mol. The Morgan fingerprint density at radius 3 is 2.43 bits per heavy atom. The maximum Gasteiger partial charge on any atom is 0.410 e. The van der Waals surface area contributed by atoms with Crippen LogP contribution in [0, 0.1) is 12.7 Å². The van der Waals surface area contributed by atoms with Crippen molar-refractivity contribution in [2.24, 2.45) is 0 Å². The number of hydrogen-bond acceptors (Lipinski definition) is 7. The molecule has 0 spiro atoms. The molecule has 12 heteroatoms. The lowest BCUT2D eigenvalue weighted by molar-refractivity contribution is 0.0188. The van der Waals surface area contributed by atoms with Crippen molar-refractivity contribution in [1.29, 1.82) is 0 Å². The second-order valence-corrected chi connectivity index (χ2v) is 12.7. The fourth-order valence-electron chi connectivity index (χ4n) is 5.63. The molecule has 0 bridgehead atoms. The van der Waals surface area contributed by atoms with Gasteiger partial charge in [-0.05, 0) is 76.3 Å². The molecule has 10 nitrogen and oxygen atoms in total. The number of carbonyl (C=O) groups excluding carboxylic acids is 1. The van der Waals surface area contributed by atoms with E-state index in [2.05, 4.69) is 9.97 Å². The number of benzene rings is 1. The molecule has 1 amide bonds. The molecule has 0 saturated carbocycles. The molecule has 1 aliphatic rings. The van der Waals surface area contributed by atoms with Crippen LogP contribution in [-0.4, -0.2) is 53.9 Å². The number of phenols is 1. The molecule has 0 atom stereocenters. The Morgan fingerprint density at radius 1 is 1.14 bits per heavy atom. The number of carbonyl (C=O) groups is 1. The number of aryl methyl sites for hydroxylation is 1. The number of pyridine rings is 2. The minimum absolute atomic E-state index is 0.0190. The van der Waals surface area contributed by atoms with Crippen LogP contribution < -0.4 is 11.1 Å². The quantitative estimate of drug-likeness (QED) is 0.272. The number of amides is 1. The first-order valence-electron chi connectivity index (χ1n) is 14.5. The van der Waals surface area contributed by atoms with Crippen LogP contribution in [-0.2, 0) is 4.74 Å². The second-order valence-electron chi connectivity index (χ2n) is 12.3. The van der Waals surface area contributed by atoms with Gasteiger partial charge in [-0.3, -0.25) is 23.7 Å². The summed E-state index contributed by atoms with van der Waals surface area (Å²) in [7, 11) is 0. The summed E-state index contributed by atoms with van der Waals surface area (Å²) in [6, 6.07) is 6.59. The lowest BCUT2D eigenvalue weighted by Gasteiger charge is -2.34. The number of halogens is 2. The first kappa shape index (κ1) is 31.2. The van der Waals surface area contributed by atoms with Crippen LogP contribution in [0.2, 0.25) is 5.02 Å². The third-order valence-corrected chi connectivity index (χ3v) is 7.94. The van der Waals surface area contributed by atoms with E-state index in [1.165, 1.54) is 33.4 Å².